The predicted molar refractivity (Wildman–Crippen MR) is 104 cm³/mol. The number of hydrogen-bond acceptors (Lipinski definition) is 3. The highest BCUT2D eigenvalue weighted by Crippen LogP contribution is 2.23. The van der Waals surface area contributed by atoms with Gasteiger partial charge in [-0.25, -0.2) is 0 Å². The van der Waals surface area contributed by atoms with Crippen LogP contribution in [0.3, 0.4) is 0 Å². The minimum absolute atomic E-state index is 0.118. The summed E-state index contributed by atoms with van der Waals surface area (Å²) < 4.78 is 5.28. The van der Waals surface area contributed by atoms with E-state index in [1.165, 1.54) is 11.1 Å². The van der Waals surface area contributed by atoms with Crippen LogP contribution in [-0.2, 0) is 17.6 Å². The number of nitrogens with one attached hydrogen (secondary N) is 1. The van der Waals surface area contributed by atoms with Crippen molar-refractivity contribution in [1.82, 2.24) is 4.98 Å². The third-order valence-electron chi connectivity index (χ3n) is 3.99. The molecule has 0 aliphatic heterocycles. The quantitative estimate of drug-likeness (QED) is 0.698. The third-order valence-corrected chi connectivity index (χ3v) is 4.22. The fourth-order valence-corrected chi connectivity index (χ4v) is 2.90. The highest BCUT2D eigenvalue weighted by Gasteiger charge is 2.10. The molecular weight excluding hydrogens is 348 g/mol. The van der Waals surface area contributed by atoms with Crippen molar-refractivity contribution in [3.05, 3.63) is 88.7 Å². The molecule has 0 spiro atoms. The van der Waals surface area contributed by atoms with Gasteiger partial charge in [-0.2, -0.15) is 0 Å². The van der Waals surface area contributed by atoms with Crippen molar-refractivity contribution < 1.29 is 9.53 Å². The lowest BCUT2D eigenvalue weighted by atomic mass is 10.1. The van der Waals surface area contributed by atoms with Gasteiger partial charge in [-0.3, -0.25) is 9.78 Å². The summed E-state index contributed by atoms with van der Waals surface area (Å²) >= 11 is 6.01. The van der Waals surface area contributed by atoms with Crippen LogP contribution >= 0.6 is 11.6 Å². The number of anilines is 1. The number of benzene rings is 2. The van der Waals surface area contributed by atoms with E-state index in [1.54, 1.807) is 37.7 Å². The molecular formula is C21H19ClN2O2. The van der Waals surface area contributed by atoms with E-state index in [0.717, 1.165) is 17.7 Å². The number of carbonyl (C=O) groups excluding carboxylic acids is 1. The number of methoxy groups -OCH3 is 1. The minimum Gasteiger partial charge on any atom is -0.496 e. The molecule has 0 saturated heterocycles. The summed E-state index contributed by atoms with van der Waals surface area (Å²) in [7, 11) is 1.58. The number of pyridine rings is 1. The predicted octanol–water partition coefficient (Wildman–Crippen LogP) is 4.52. The number of ether oxygens (including phenoxy) is 1. The molecule has 0 saturated carbocycles. The van der Waals surface area contributed by atoms with Crippen molar-refractivity contribution in [2.75, 3.05) is 12.4 Å². The molecule has 26 heavy (non-hydrogen) atoms. The van der Waals surface area contributed by atoms with Gasteiger partial charge in [0, 0.05) is 28.7 Å². The number of carbonyl (C=O) groups is 1. The zero-order valence-corrected chi connectivity index (χ0v) is 15.2. The Hall–Kier alpha value is -2.85. The van der Waals surface area contributed by atoms with E-state index < -0.39 is 0 Å². The van der Waals surface area contributed by atoms with Crippen molar-refractivity contribution in [3.8, 4) is 5.75 Å². The van der Waals surface area contributed by atoms with Crippen LogP contribution in [0.2, 0.25) is 5.02 Å². The van der Waals surface area contributed by atoms with E-state index >= 15 is 0 Å². The molecule has 2 aromatic carbocycles. The standard InChI is InChI=1S/C21H19ClN2O2/c1-26-20-7-4-18(22)13-17(20)14-21(25)24-19-5-2-15(3-6-19)12-16-8-10-23-11-9-16/h2-11,13H,12,14H2,1H3,(H,24,25). The van der Waals surface area contributed by atoms with Crippen LogP contribution in [0.4, 0.5) is 5.69 Å². The molecule has 1 N–H and O–H groups in total. The number of aromatic nitrogens is 1. The van der Waals surface area contributed by atoms with Crippen molar-refractivity contribution in [2.45, 2.75) is 12.8 Å². The van der Waals surface area contributed by atoms with Crippen LogP contribution in [0.5, 0.6) is 5.75 Å². The highest BCUT2D eigenvalue weighted by atomic mass is 35.5. The number of amides is 1. The first kappa shape index (κ1) is 18.0. The molecule has 0 bridgehead atoms. The first-order valence-electron chi connectivity index (χ1n) is 8.24. The molecule has 4 nitrogen and oxygen atoms in total. The van der Waals surface area contributed by atoms with E-state index in [-0.39, 0.29) is 12.3 Å². The molecule has 0 aliphatic rings. The number of rotatable bonds is 6. The Bertz CT molecular complexity index is 880. The van der Waals surface area contributed by atoms with E-state index in [9.17, 15) is 4.79 Å². The second kappa shape index (κ2) is 8.50. The second-order valence-corrected chi connectivity index (χ2v) is 6.35. The average Bonchev–Trinajstić information content (AvgIpc) is 2.64. The summed E-state index contributed by atoms with van der Waals surface area (Å²) in [5, 5.41) is 3.48. The number of halogens is 1. The molecule has 0 fully saturated rings. The Morgan fingerprint density at radius 1 is 1.04 bits per heavy atom. The van der Waals surface area contributed by atoms with Crippen LogP contribution in [-0.4, -0.2) is 18.0 Å². The van der Waals surface area contributed by atoms with Crippen LogP contribution in [0, 0.1) is 0 Å². The summed E-state index contributed by atoms with van der Waals surface area (Å²) in [5.41, 5.74) is 3.89. The molecule has 1 heterocycles. The summed E-state index contributed by atoms with van der Waals surface area (Å²) in [6, 6.07) is 17.1. The van der Waals surface area contributed by atoms with Crippen molar-refractivity contribution in [1.29, 1.82) is 0 Å². The van der Waals surface area contributed by atoms with E-state index in [2.05, 4.69) is 10.3 Å². The van der Waals surface area contributed by atoms with Gasteiger partial charge in [-0.05, 0) is 60.0 Å². The highest BCUT2D eigenvalue weighted by molar-refractivity contribution is 6.30. The molecule has 0 aliphatic carbocycles. The van der Waals surface area contributed by atoms with Crippen LogP contribution in [0.25, 0.3) is 0 Å². The summed E-state index contributed by atoms with van der Waals surface area (Å²) in [4.78, 5) is 16.3. The minimum atomic E-state index is -0.118. The maximum Gasteiger partial charge on any atom is 0.228 e. The van der Waals surface area contributed by atoms with Gasteiger partial charge in [0.2, 0.25) is 5.91 Å². The van der Waals surface area contributed by atoms with Gasteiger partial charge >= 0.3 is 0 Å². The molecule has 3 rings (SSSR count). The number of nitrogens with zero attached hydrogens (tertiary/aromatic N) is 1. The van der Waals surface area contributed by atoms with Gasteiger partial charge in [0.15, 0.2) is 0 Å². The third kappa shape index (κ3) is 4.83. The lowest BCUT2D eigenvalue weighted by Crippen LogP contribution is -2.15. The van der Waals surface area contributed by atoms with E-state index in [1.807, 2.05) is 36.4 Å². The average molecular weight is 367 g/mol. The first-order valence-corrected chi connectivity index (χ1v) is 8.62. The smallest absolute Gasteiger partial charge is 0.228 e. The Morgan fingerprint density at radius 2 is 1.73 bits per heavy atom. The maximum atomic E-state index is 12.3. The zero-order chi connectivity index (χ0) is 18.4. The summed E-state index contributed by atoms with van der Waals surface area (Å²) in [5.74, 6) is 0.532. The Morgan fingerprint density at radius 3 is 2.42 bits per heavy atom. The van der Waals surface area contributed by atoms with Crippen molar-refractivity contribution in [2.24, 2.45) is 0 Å². The van der Waals surface area contributed by atoms with Crippen LogP contribution in [0.1, 0.15) is 16.7 Å². The summed E-state index contributed by atoms with van der Waals surface area (Å²) in [6.45, 7) is 0. The van der Waals surface area contributed by atoms with E-state index in [0.29, 0.717) is 10.8 Å². The van der Waals surface area contributed by atoms with Gasteiger partial charge in [-0.15, -0.1) is 0 Å². The largest absolute Gasteiger partial charge is 0.496 e. The van der Waals surface area contributed by atoms with Crippen LogP contribution < -0.4 is 10.1 Å². The fraction of sp³-hybridized carbons (Fsp3) is 0.143. The molecule has 3 aromatic rings. The molecule has 1 aromatic heterocycles. The van der Waals surface area contributed by atoms with Crippen molar-refractivity contribution in [3.63, 3.8) is 0 Å². The van der Waals surface area contributed by atoms with Crippen molar-refractivity contribution >= 4 is 23.2 Å². The normalized spacial score (nSPS) is 10.4. The Labute approximate surface area is 157 Å². The first-order chi connectivity index (χ1) is 12.6. The maximum absolute atomic E-state index is 12.3. The zero-order valence-electron chi connectivity index (χ0n) is 14.4. The molecule has 1 amide bonds. The van der Waals surface area contributed by atoms with Gasteiger partial charge in [0.05, 0.1) is 13.5 Å². The number of hydrogen-bond donors (Lipinski definition) is 1. The van der Waals surface area contributed by atoms with Gasteiger partial charge in [-0.1, -0.05) is 23.7 Å². The van der Waals surface area contributed by atoms with Gasteiger partial charge in [0.1, 0.15) is 5.75 Å². The lowest BCUT2D eigenvalue weighted by Gasteiger charge is -2.10. The SMILES string of the molecule is COc1ccc(Cl)cc1CC(=O)Nc1ccc(Cc2ccncc2)cc1. The van der Waals surface area contributed by atoms with E-state index in [4.69, 9.17) is 16.3 Å². The van der Waals surface area contributed by atoms with Gasteiger partial charge < -0.3 is 10.1 Å². The van der Waals surface area contributed by atoms with Gasteiger partial charge in [0.25, 0.3) is 0 Å². The topological polar surface area (TPSA) is 51.2 Å². The monoisotopic (exact) mass is 366 g/mol. The lowest BCUT2D eigenvalue weighted by molar-refractivity contribution is -0.115. The molecule has 132 valence electrons. The molecule has 0 atom stereocenters. The molecule has 5 heteroatoms. The molecule has 0 unspecified atom stereocenters. The fourth-order valence-electron chi connectivity index (χ4n) is 2.71. The Kier molecular flexibility index (Phi) is 5.87. The Balaban J connectivity index is 1.62. The summed E-state index contributed by atoms with van der Waals surface area (Å²) in [6.07, 6.45) is 4.60. The molecule has 0 radical (unpaired) electrons. The van der Waals surface area contributed by atoms with Crippen LogP contribution in [0.15, 0.2) is 67.0 Å². The second-order valence-electron chi connectivity index (χ2n) is 5.91.